The van der Waals surface area contributed by atoms with Gasteiger partial charge in [0.1, 0.15) is 5.92 Å². The molecule has 1 saturated carbocycles. The monoisotopic (exact) mass is 354 g/mol. The normalized spacial score (nSPS) is 21.0. The Bertz CT molecular complexity index is 688. The fourth-order valence-corrected chi connectivity index (χ4v) is 3.12. The Morgan fingerprint density at radius 3 is 2.57 bits per heavy atom. The molecule has 5 nitrogen and oxygen atoms in total. The van der Waals surface area contributed by atoms with Crippen LogP contribution in [0.4, 0.5) is 0 Å². The van der Waals surface area contributed by atoms with Gasteiger partial charge in [-0.1, -0.05) is 29.3 Å². The number of amides is 2. The summed E-state index contributed by atoms with van der Waals surface area (Å²) in [7, 11) is 1.61. The molecular formula is C16H16Cl2N2O3. The van der Waals surface area contributed by atoms with Crippen LogP contribution >= 0.6 is 23.2 Å². The number of hydrogen-bond donors (Lipinski definition) is 0. The molecule has 2 amide bonds. The molecule has 1 aromatic rings. The molecule has 122 valence electrons. The summed E-state index contributed by atoms with van der Waals surface area (Å²) in [5.41, 5.74) is 0.811. The van der Waals surface area contributed by atoms with Crippen molar-refractivity contribution in [2.45, 2.75) is 25.4 Å². The molecule has 1 aliphatic heterocycles. The first-order chi connectivity index (χ1) is 10.9. The van der Waals surface area contributed by atoms with Crippen LogP contribution in [-0.2, 0) is 20.9 Å². The number of benzene rings is 1. The molecule has 1 aromatic carbocycles. The summed E-state index contributed by atoms with van der Waals surface area (Å²) in [5, 5.41) is 0.859. The first kappa shape index (κ1) is 16.3. The smallest absolute Gasteiger partial charge is 0.291 e. The maximum Gasteiger partial charge on any atom is 0.291 e. The molecule has 2 aliphatic rings. The number of Topliss-reactive ketones (excluding diaryl/α,β-unsaturated/α-hetero) is 1. The van der Waals surface area contributed by atoms with Crippen LogP contribution in [0.1, 0.15) is 18.4 Å². The lowest BCUT2D eigenvalue weighted by Gasteiger charge is -2.21. The number of rotatable bonds is 4. The summed E-state index contributed by atoms with van der Waals surface area (Å²) in [5.74, 6) is -2.34. The van der Waals surface area contributed by atoms with Gasteiger partial charge in [0.2, 0.25) is 11.7 Å². The van der Waals surface area contributed by atoms with Gasteiger partial charge >= 0.3 is 0 Å². The molecule has 0 N–H and O–H groups in total. The fraction of sp³-hybridized carbons (Fsp3) is 0.438. The van der Waals surface area contributed by atoms with Crippen LogP contribution in [-0.4, -0.2) is 47.0 Å². The molecule has 0 radical (unpaired) electrons. The van der Waals surface area contributed by atoms with Crippen LogP contribution in [0.5, 0.6) is 0 Å². The second kappa shape index (κ2) is 6.13. The Hall–Kier alpha value is -1.59. The van der Waals surface area contributed by atoms with Crippen LogP contribution in [0.25, 0.3) is 0 Å². The molecule has 23 heavy (non-hydrogen) atoms. The lowest BCUT2D eigenvalue weighted by molar-refractivity contribution is -0.144. The number of hydrogen-bond acceptors (Lipinski definition) is 3. The highest BCUT2D eigenvalue weighted by atomic mass is 35.5. The van der Waals surface area contributed by atoms with Gasteiger partial charge < -0.3 is 9.80 Å². The van der Waals surface area contributed by atoms with Crippen LogP contribution in [0, 0.1) is 5.92 Å². The molecule has 1 aliphatic carbocycles. The van der Waals surface area contributed by atoms with Crippen LogP contribution in [0.2, 0.25) is 10.0 Å². The lowest BCUT2D eigenvalue weighted by Crippen LogP contribution is -2.36. The molecule has 3 rings (SSSR count). The van der Waals surface area contributed by atoms with Crippen molar-refractivity contribution in [1.82, 2.24) is 9.80 Å². The van der Waals surface area contributed by atoms with Crippen molar-refractivity contribution >= 4 is 40.8 Å². The second-order valence-corrected chi connectivity index (χ2v) is 6.86. The topological polar surface area (TPSA) is 57.7 Å². The number of ketones is 1. The minimum atomic E-state index is -0.893. The van der Waals surface area contributed by atoms with Gasteiger partial charge in [0, 0.05) is 26.2 Å². The average Bonchev–Trinajstić information content (AvgIpc) is 3.31. The van der Waals surface area contributed by atoms with E-state index in [1.807, 2.05) is 0 Å². The van der Waals surface area contributed by atoms with E-state index < -0.39 is 17.6 Å². The summed E-state index contributed by atoms with van der Waals surface area (Å²) < 4.78 is 0. The first-order valence-electron chi connectivity index (χ1n) is 7.42. The van der Waals surface area contributed by atoms with Gasteiger partial charge in [0.15, 0.2) is 0 Å². The Balaban J connectivity index is 1.68. The van der Waals surface area contributed by atoms with Crippen molar-refractivity contribution in [3.8, 4) is 0 Å². The largest absolute Gasteiger partial charge is 0.341 e. The Kier molecular flexibility index (Phi) is 4.34. The number of carbonyl (C=O) groups excluding carboxylic acids is 3. The number of likely N-dealkylation sites (tertiary alicyclic amines) is 1. The highest BCUT2D eigenvalue weighted by Gasteiger charge is 2.48. The predicted octanol–water partition coefficient (Wildman–Crippen LogP) is 2.14. The quantitative estimate of drug-likeness (QED) is 0.614. The third-order valence-corrected chi connectivity index (χ3v) is 4.97. The van der Waals surface area contributed by atoms with E-state index in [0.29, 0.717) is 16.6 Å². The molecule has 0 aromatic heterocycles. The number of halogens is 2. The molecule has 0 spiro atoms. The van der Waals surface area contributed by atoms with Crippen molar-refractivity contribution in [1.29, 1.82) is 0 Å². The zero-order chi connectivity index (χ0) is 16.7. The molecule has 0 bridgehead atoms. The lowest BCUT2D eigenvalue weighted by atomic mass is 10.1. The van der Waals surface area contributed by atoms with E-state index in [9.17, 15) is 14.4 Å². The number of carbonyl (C=O) groups is 3. The second-order valence-electron chi connectivity index (χ2n) is 6.05. The minimum absolute atomic E-state index is 0.143. The zero-order valence-corrected chi connectivity index (χ0v) is 14.1. The van der Waals surface area contributed by atoms with Gasteiger partial charge in [0.25, 0.3) is 5.91 Å². The predicted molar refractivity (Wildman–Crippen MR) is 86.2 cm³/mol. The van der Waals surface area contributed by atoms with Gasteiger partial charge in [-0.25, -0.2) is 0 Å². The van der Waals surface area contributed by atoms with Crippen LogP contribution in [0.3, 0.4) is 0 Å². The zero-order valence-electron chi connectivity index (χ0n) is 12.6. The van der Waals surface area contributed by atoms with E-state index in [1.54, 1.807) is 25.2 Å². The van der Waals surface area contributed by atoms with Gasteiger partial charge in [-0.05, 0) is 30.5 Å². The minimum Gasteiger partial charge on any atom is -0.341 e. The average molecular weight is 355 g/mol. The van der Waals surface area contributed by atoms with Gasteiger partial charge in [-0.2, -0.15) is 0 Å². The van der Waals surface area contributed by atoms with Crippen molar-refractivity contribution in [2.24, 2.45) is 5.92 Å². The van der Waals surface area contributed by atoms with E-state index in [0.717, 1.165) is 18.4 Å². The van der Waals surface area contributed by atoms with Crippen LogP contribution in [0.15, 0.2) is 18.2 Å². The Labute approximate surface area is 144 Å². The molecule has 1 heterocycles. The van der Waals surface area contributed by atoms with Crippen molar-refractivity contribution < 1.29 is 14.4 Å². The maximum atomic E-state index is 12.5. The Morgan fingerprint density at radius 1 is 1.26 bits per heavy atom. The molecule has 7 heteroatoms. The van der Waals surface area contributed by atoms with Crippen molar-refractivity contribution in [2.75, 3.05) is 13.6 Å². The van der Waals surface area contributed by atoms with Gasteiger partial charge in [0.05, 0.1) is 10.0 Å². The molecule has 1 saturated heterocycles. The highest BCUT2D eigenvalue weighted by molar-refractivity contribution is 6.42. The van der Waals surface area contributed by atoms with Crippen LogP contribution < -0.4 is 0 Å². The number of nitrogens with zero attached hydrogens (tertiary/aromatic N) is 2. The van der Waals surface area contributed by atoms with Crippen molar-refractivity contribution in [3.63, 3.8) is 0 Å². The summed E-state index contributed by atoms with van der Waals surface area (Å²) in [6.45, 7) is 0.504. The Morgan fingerprint density at radius 2 is 1.96 bits per heavy atom. The van der Waals surface area contributed by atoms with Gasteiger partial charge in [-0.3, -0.25) is 14.4 Å². The van der Waals surface area contributed by atoms with E-state index in [-0.39, 0.29) is 18.5 Å². The van der Waals surface area contributed by atoms with E-state index in [1.165, 1.54) is 9.80 Å². The highest BCUT2D eigenvalue weighted by Crippen LogP contribution is 2.32. The SMILES string of the molecule is CN(Cc1ccc(Cl)c(Cl)c1)C(=O)C1CN(C2CC2)C(=O)C1=O. The molecular weight excluding hydrogens is 339 g/mol. The van der Waals surface area contributed by atoms with E-state index >= 15 is 0 Å². The third kappa shape index (κ3) is 3.21. The van der Waals surface area contributed by atoms with Crippen molar-refractivity contribution in [3.05, 3.63) is 33.8 Å². The van der Waals surface area contributed by atoms with Gasteiger partial charge in [-0.15, -0.1) is 0 Å². The first-order valence-corrected chi connectivity index (χ1v) is 8.18. The fourth-order valence-electron chi connectivity index (χ4n) is 2.80. The van der Waals surface area contributed by atoms with E-state index in [2.05, 4.69) is 0 Å². The molecule has 1 atom stereocenters. The summed E-state index contributed by atoms with van der Waals surface area (Å²) >= 11 is 11.8. The van der Waals surface area contributed by atoms with E-state index in [4.69, 9.17) is 23.2 Å². The summed E-state index contributed by atoms with van der Waals surface area (Å²) in [4.78, 5) is 39.5. The maximum absolute atomic E-state index is 12.5. The summed E-state index contributed by atoms with van der Waals surface area (Å²) in [6.07, 6.45) is 1.83. The molecule has 2 fully saturated rings. The third-order valence-electron chi connectivity index (χ3n) is 4.23. The summed E-state index contributed by atoms with van der Waals surface area (Å²) in [6, 6.07) is 5.27. The standard InChI is InChI=1S/C16H16Cl2N2O3/c1-19(7-9-2-5-12(17)13(18)6-9)15(22)11-8-20(10-3-4-10)16(23)14(11)21/h2,5-6,10-11H,3-4,7-8H2,1H3. The molecule has 1 unspecified atom stereocenters.